The van der Waals surface area contributed by atoms with Crippen LogP contribution in [0, 0.1) is 11.8 Å². The Morgan fingerprint density at radius 1 is 1.50 bits per heavy atom. The van der Waals surface area contributed by atoms with Crippen LogP contribution >= 0.6 is 0 Å². The monoisotopic (exact) mass is 279 g/mol. The summed E-state index contributed by atoms with van der Waals surface area (Å²) in [6.45, 7) is 4.16. The van der Waals surface area contributed by atoms with Gasteiger partial charge in [-0.3, -0.25) is 9.48 Å². The maximum atomic E-state index is 12.1. The lowest BCUT2D eigenvalue weighted by molar-refractivity contribution is -0.127. The highest BCUT2D eigenvalue weighted by molar-refractivity contribution is 5.78. The topological polar surface area (TPSA) is 67.2 Å². The van der Waals surface area contributed by atoms with Crippen molar-refractivity contribution >= 4 is 5.91 Å². The number of nitrogens with zero attached hydrogens (tertiary/aromatic N) is 2. The van der Waals surface area contributed by atoms with Crippen molar-refractivity contribution in [2.24, 2.45) is 18.9 Å². The summed E-state index contributed by atoms with van der Waals surface area (Å²) >= 11 is 0. The minimum atomic E-state index is -1.08. The Hall–Kier alpha value is -1.36. The summed E-state index contributed by atoms with van der Waals surface area (Å²) in [5, 5.41) is 17.4. The fourth-order valence-corrected chi connectivity index (χ4v) is 2.73. The van der Waals surface area contributed by atoms with Crippen molar-refractivity contribution in [3.8, 4) is 0 Å². The number of rotatable bonds is 4. The number of aliphatic hydroxyl groups is 1. The number of carbonyl (C=O) groups excluding carboxylic acids is 1. The predicted molar refractivity (Wildman–Crippen MR) is 76.9 cm³/mol. The van der Waals surface area contributed by atoms with Gasteiger partial charge in [0.25, 0.3) is 0 Å². The highest BCUT2D eigenvalue weighted by Crippen LogP contribution is 2.28. The predicted octanol–water partition coefficient (Wildman–Crippen LogP) is 1.57. The summed E-state index contributed by atoms with van der Waals surface area (Å²) in [4.78, 5) is 12.1. The zero-order valence-corrected chi connectivity index (χ0v) is 12.6. The molecule has 2 rings (SSSR count). The Morgan fingerprint density at radius 3 is 2.70 bits per heavy atom. The molecule has 1 aliphatic rings. The average Bonchev–Trinajstić information content (AvgIpc) is 2.84. The van der Waals surface area contributed by atoms with Gasteiger partial charge in [0, 0.05) is 24.7 Å². The van der Waals surface area contributed by atoms with E-state index in [0.717, 1.165) is 37.2 Å². The molecule has 2 N–H and O–H groups in total. The summed E-state index contributed by atoms with van der Waals surface area (Å²) in [6.07, 6.45) is 7.57. The van der Waals surface area contributed by atoms with Gasteiger partial charge in [-0.05, 0) is 38.5 Å². The van der Waals surface area contributed by atoms with Crippen molar-refractivity contribution in [1.29, 1.82) is 0 Å². The van der Waals surface area contributed by atoms with Crippen molar-refractivity contribution in [2.75, 3.05) is 6.54 Å². The average molecular weight is 279 g/mol. The van der Waals surface area contributed by atoms with Gasteiger partial charge in [-0.1, -0.05) is 6.92 Å². The number of hydrogen-bond donors (Lipinski definition) is 2. The largest absolute Gasteiger partial charge is 0.383 e. The van der Waals surface area contributed by atoms with E-state index in [-0.39, 0.29) is 18.4 Å². The van der Waals surface area contributed by atoms with Gasteiger partial charge in [0.2, 0.25) is 5.91 Å². The molecule has 1 unspecified atom stereocenters. The second-order valence-corrected chi connectivity index (χ2v) is 6.35. The van der Waals surface area contributed by atoms with Crippen LogP contribution in [0.3, 0.4) is 0 Å². The first-order valence-electron chi connectivity index (χ1n) is 7.37. The van der Waals surface area contributed by atoms with Crippen LogP contribution in [0.15, 0.2) is 12.4 Å². The number of amides is 1. The van der Waals surface area contributed by atoms with Gasteiger partial charge >= 0.3 is 0 Å². The van der Waals surface area contributed by atoms with E-state index in [1.807, 2.05) is 0 Å². The zero-order valence-electron chi connectivity index (χ0n) is 12.6. The fraction of sp³-hybridized carbons (Fsp3) is 0.733. The standard InChI is InChI=1S/C15H25N3O2/c1-11-4-6-12(7-5-11)14(19)16-10-15(2,20)13-8-17-18(3)9-13/h8-9,11-12,20H,4-7,10H2,1-3H3,(H,16,19). The third-order valence-corrected chi connectivity index (χ3v) is 4.32. The van der Waals surface area contributed by atoms with E-state index in [2.05, 4.69) is 17.3 Å². The van der Waals surface area contributed by atoms with Crippen LogP contribution in [-0.4, -0.2) is 27.3 Å². The lowest BCUT2D eigenvalue weighted by atomic mass is 9.82. The molecule has 1 amide bonds. The third kappa shape index (κ3) is 3.60. The number of hydrogen-bond acceptors (Lipinski definition) is 3. The molecule has 1 aromatic rings. The van der Waals surface area contributed by atoms with Gasteiger partial charge in [-0.15, -0.1) is 0 Å². The van der Waals surface area contributed by atoms with Crippen LogP contribution in [0.2, 0.25) is 0 Å². The molecule has 0 radical (unpaired) electrons. The SMILES string of the molecule is CC1CCC(C(=O)NCC(C)(O)c2cnn(C)c2)CC1. The molecule has 5 nitrogen and oxygen atoms in total. The molecule has 1 heterocycles. The third-order valence-electron chi connectivity index (χ3n) is 4.32. The summed E-state index contributed by atoms with van der Waals surface area (Å²) < 4.78 is 1.65. The molecule has 1 saturated carbocycles. The highest BCUT2D eigenvalue weighted by Gasteiger charge is 2.28. The van der Waals surface area contributed by atoms with Crippen LogP contribution in [0.25, 0.3) is 0 Å². The van der Waals surface area contributed by atoms with Gasteiger partial charge < -0.3 is 10.4 Å². The Morgan fingerprint density at radius 2 is 2.15 bits per heavy atom. The first-order chi connectivity index (χ1) is 9.38. The number of aromatic nitrogens is 2. The van der Waals surface area contributed by atoms with Crippen molar-refractivity contribution in [2.45, 2.75) is 45.1 Å². The number of nitrogens with one attached hydrogen (secondary N) is 1. The number of aryl methyl sites for hydroxylation is 1. The summed E-state index contributed by atoms with van der Waals surface area (Å²) in [5.41, 5.74) is -0.358. The van der Waals surface area contributed by atoms with Crippen molar-refractivity contribution in [3.05, 3.63) is 18.0 Å². The molecule has 20 heavy (non-hydrogen) atoms. The first-order valence-corrected chi connectivity index (χ1v) is 7.37. The molecule has 5 heteroatoms. The van der Waals surface area contributed by atoms with Crippen molar-refractivity contribution < 1.29 is 9.90 Å². The first kappa shape index (κ1) is 15.0. The van der Waals surface area contributed by atoms with Crippen molar-refractivity contribution in [1.82, 2.24) is 15.1 Å². The molecule has 0 aromatic carbocycles. The smallest absolute Gasteiger partial charge is 0.223 e. The molecule has 0 saturated heterocycles. The van der Waals surface area contributed by atoms with Crippen LogP contribution in [0.5, 0.6) is 0 Å². The summed E-state index contributed by atoms with van der Waals surface area (Å²) in [6, 6.07) is 0. The molecule has 0 bridgehead atoms. The molecule has 0 aliphatic heterocycles. The Kier molecular flexibility index (Phi) is 4.48. The van der Waals surface area contributed by atoms with Crippen LogP contribution in [0.4, 0.5) is 0 Å². The molecule has 1 fully saturated rings. The highest BCUT2D eigenvalue weighted by atomic mass is 16.3. The maximum absolute atomic E-state index is 12.1. The summed E-state index contributed by atoms with van der Waals surface area (Å²) in [5.74, 6) is 0.912. The zero-order chi connectivity index (χ0) is 14.8. The van der Waals surface area contributed by atoms with Crippen LogP contribution in [0.1, 0.15) is 45.1 Å². The lowest BCUT2D eigenvalue weighted by Crippen LogP contribution is -2.41. The molecule has 1 aromatic heterocycles. The minimum absolute atomic E-state index is 0.0704. The molecular weight excluding hydrogens is 254 g/mol. The van der Waals surface area contributed by atoms with E-state index < -0.39 is 5.60 Å². The quantitative estimate of drug-likeness (QED) is 0.879. The normalized spacial score (nSPS) is 26.0. The second kappa shape index (κ2) is 5.95. The molecule has 0 spiro atoms. The Bertz CT molecular complexity index is 459. The number of carbonyl (C=O) groups is 1. The van der Waals surface area contributed by atoms with E-state index in [1.165, 1.54) is 0 Å². The molecule has 112 valence electrons. The van der Waals surface area contributed by atoms with Gasteiger partial charge in [0.1, 0.15) is 5.60 Å². The molecule has 1 atom stereocenters. The lowest BCUT2D eigenvalue weighted by Gasteiger charge is -2.27. The van der Waals surface area contributed by atoms with Gasteiger partial charge in [0.15, 0.2) is 0 Å². The van der Waals surface area contributed by atoms with Gasteiger partial charge in [0.05, 0.1) is 12.7 Å². The van der Waals surface area contributed by atoms with Gasteiger partial charge in [-0.2, -0.15) is 5.10 Å². The second-order valence-electron chi connectivity index (χ2n) is 6.35. The molecular formula is C15H25N3O2. The van der Waals surface area contributed by atoms with E-state index in [9.17, 15) is 9.90 Å². The van der Waals surface area contributed by atoms with Gasteiger partial charge in [-0.25, -0.2) is 0 Å². The maximum Gasteiger partial charge on any atom is 0.223 e. The molecule has 1 aliphatic carbocycles. The fourth-order valence-electron chi connectivity index (χ4n) is 2.73. The minimum Gasteiger partial charge on any atom is -0.383 e. The Balaban J connectivity index is 1.86. The van der Waals surface area contributed by atoms with E-state index in [0.29, 0.717) is 0 Å². The van der Waals surface area contributed by atoms with E-state index >= 15 is 0 Å². The van der Waals surface area contributed by atoms with E-state index in [4.69, 9.17) is 0 Å². The van der Waals surface area contributed by atoms with E-state index in [1.54, 1.807) is 31.0 Å². The van der Waals surface area contributed by atoms with Crippen molar-refractivity contribution in [3.63, 3.8) is 0 Å². The van der Waals surface area contributed by atoms with Crippen LogP contribution < -0.4 is 5.32 Å². The van der Waals surface area contributed by atoms with Crippen LogP contribution in [-0.2, 0) is 17.4 Å². The Labute approximate surface area is 120 Å². The summed E-state index contributed by atoms with van der Waals surface area (Å²) in [7, 11) is 1.81.